The molecule has 1 aliphatic rings. The molecule has 0 aliphatic carbocycles. The summed E-state index contributed by atoms with van der Waals surface area (Å²) in [5.74, 6) is -0.175. The molecule has 240 valence electrons. The van der Waals surface area contributed by atoms with Crippen LogP contribution in [-0.4, -0.2) is 72.9 Å². The molecule has 0 unspecified atom stereocenters. The number of hydrogen-bond donors (Lipinski definition) is 2. The van der Waals surface area contributed by atoms with Crippen molar-refractivity contribution in [3.05, 3.63) is 112 Å². The minimum atomic E-state index is -0.572. The third kappa shape index (κ3) is 7.19. The highest BCUT2D eigenvalue weighted by Crippen LogP contribution is 2.27. The van der Waals surface area contributed by atoms with Crippen LogP contribution in [0.15, 0.2) is 95.8 Å². The second-order valence-electron chi connectivity index (χ2n) is 11.8. The number of carbonyl (C=O) groups is 1. The lowest BCUT2D eigenvalue weighted by atomic mass is 10.1. The first-order chi connectivity index (χ1) is 23.1. The highest BCUT2D eigenvalue weighted by Gasteiger charge is 2.33. The van der Waals surface area contributed by atoms with Gasteiger partial charge in [0.05, 0.1) is 62.6 Å². The Balaban J connectivity index is 1.12. The van der Waals surface area contributed by atoms with Gasteiger partial charge in [-0.3, -0.25) is 9.48 Å². The molecule has 0 fully saturated rings. The van der Waals surface area contributed by atoms with Gasteiger partial charge in [-0.2, -0.15) is 10.4 Å². The monoisotopic (exact) mass is 646 g/mol. The van der Waals surface area contributed by atoms with E-state index in [-0.39, 0.29) is 23.8 Å². The van der Waals surface area contributed by atoms with Crippen molar-refractivity contribution in [3.8, 4) is 6.07 Å². The van der Waals surface area contributed by atoms with Crippen LogP contribution in [0.25, 0.3) is 21.8 Å². The van der Waals surface area contributed by atoms with Crippen molar-refractivity contribution in [3.63, 3.8) is 0 Å². The number of anilines is 3. The van der Waals surface area contributed by atoms with Gasteiger partial charge < -0.3 is 25.2 Å². The molecule has 5 aromatic rings. The molecule has 6 rings (SSSR count). The summed E-state index contributed by atoms with van der Waals surface area (Å²) in [4.78, 5) is 40.4. The third-order valence-electron chi connectivity index (χ3n) is 7.63. The molecule has 15 heteroatoms. The maximum Gasteiger partial charge on any atom is 0.369 e. The standard InChI is InChI=1S/C33H28FN11O3/c1-45(2,19-23-13-26(15-35)41-33(23)44(47)48)10-4-7-31(46)42-30-14-27-28(17-36-30)37-20-38-32(27)40-25-8-9-29-22(12-25)16-39-43(29)18-21-5-3-6-24(34)11-21/h3-9,11-12,14,16-17,20H,10,13,18-19H2,1-2H3,(H-,36,37,38,40,42,46)/p+1/b7-4+. The Morgan fingerprint density at radius 2 is 2.02 bits per heavy atom. The Hall–Kier alpha value is -6.40. The minimum absolute atomic E-state index is 0.116. The molecule has 0 radical (unpaired) electrons. The van der Waals surface area contributed by atoms with Gasteiger partial charge in [0.15, 0.2) is 0 Å². The van der Waals surface area contributed by atoms with Crippen LogP contribution in [0.1, 0.15) is 12.0 Å². The Bertz CT molecular complexity index is 2220. The maximum absolute atomic E-state index is 13.7. The van der Waals surface area contributed by atoms with E-state index in [1.165, 1.54) is 24.5 Å². The molecular formula is C33H29FN11O3+. The number of rotatable bonds is 11. The number of nitriles is 1. The molecule has 1 amide bonds. The summed E-state index contributed by atoms with van der Waals surface area (Å²) in [5, 5.41) is 32.5. The number of nitro groups is 1. The Kier molecular flexibility index (Phi) is 8.65. The summed E-state index contributed by atoms with van der Waals surface area (Å²) in [6.45, 7) is 1.12. The van der Waals surface area contributed by atoms with Crippen LogP contribution in [0.5, 0.6) is 0 Å². The summed E-state index contributed by atoms with van der Waals surface area (Å²) >= 11 is 0. The fourth-order valence-corrected chi connectivity index (χ4v) is 5.45. The number of amides is 1. The van der Waals surface area contributed by atoms with Crippen molar-refractivity contribution >= 4 is 50.7 Å². The number of fused-ring (bicyclic) bond motifs is 2. The number of hydrogen-bond acceptors (Lipinski definition) is 10. The van der Waals surface area contributed by atoms with E-state index in [0.29, 0.717) is 52.2 Å². The van der Waals surface area contributed by atoms with E-state index in [0.717, 1.165) is 22.2 Å². The van der Waals surface area contributed by atoms with Gasteiger partial charge in [-0.05, 0) is 58.0 Å². The highest BCUT2D eigenvalue weighted by molar-refractivity contribution is 6.02. The molecular weight excluding hydrogens is 617 g/mol. The van der Waals surface area contributed by atoms with Gasteiger partial charge in [-0.15, -0.1) is 0 Å². The van der Waals surface area contributed by atoms with E-state index in [2.05, 4.69) is 35.7 Å². The zero-order chi connectivity index (χ0) is 33.8. The van der Waals surface area contributed by atoms with E-state index in [9.17, 15) is 19.3 Å². The number of pyridine rings is 1. The summed E-state index contributed by atoms with van der Waals surface area (Å²) in [5.41, 5.74) is 3.62. The molecule has 1 aliphatic heterocycles. The van der Waals surface area contributed by atoms with Crippen LogP contribution in [0, 0.1) is 27.3 Å². The van der Waals surface area contributed by atoms with Gasteiger partial charge in [-0.1, -0.05) is 12.1 Å². The van der Waals surface area contributed by atoms with Gasteiger partial charge in [0, 0.05) is 22.5 Å². The van der Waals surface area contributed by atoms with Crippen molar-refractivity contribution in [1.29, 1.82) is 5.26 Å². The van der Waals surface area contributed by atoms with Crippen LogP contribution < -0.4 is 10.6 Å². The topological polar surface area (TPSA) is 177 Å². The van der Waals surface area contributed by atoms with Crippen molar-refractivity contribution in [1.82, 2.24) is 24.7 Å². The molecule has 0 atom stereocenters. The summed E-state index contributed by atoms with van der Waals surface area (Å²) < 4.78 is 15.8. The van der Waals surface area contributed by atoms with E-state index in [1.807, 2.05) is 49.1 Å². The first kappa shape index (κ1) is 31.6. The number of carbonyl (C=O) groups excluding carboxylic acids is 1. The van der Waals surface area contributed by atoms with Gasteiger partial charge in [-0.25, -0.2) is 19.3 Å². The number of aliphatic imine (C=N–C) groups is 1. The number of benzene rings is 2. The van der Waals surface area contributed by atoms with Crippen molar-refractivity contribution in [2.45, 2.75) is 13.0 Å². The lowest BCUT2D eigenvalue weighted by Crippen LogP contribution is -2.41. The molecule has 0 spiro atoms. The smallest absolute Gasteiger partial charge is 0.358 e. The predicted octanol–water partition coefficient (Wildman–Crippen LogP) is 4.73. The molecule has 4 heterocycles. The van der Waals surface area contributed by atoms with Crippen LogP contribution in [0.3, 0.4) is 0 Å². The molecule has 0 bridgehead atoms. The number of likely N-dealkylation sites (N-methyl/N-ethyl adjacent to an activating group) is 1. The van der Waals surface area contributed by atoms with Gasteiger partial charge in [0.25, 0.3) is 0 Å². The number of nitrogens with zero attached hydrogens (tertiary/aromatic N) is 9. The molecule has 3 aromatic heterocycles. The fourth-order valence-electron chi connectivity index (χ4n) is 5.45. The van der Waals surface area contributed by atoms with E-state index in [4.69, 9.17) is 5.26 Å². The van der Waals surface area contributed by atoms with Crippen LogP contribution in [0.4, 0.5) is 21.7 Å². The molecule has 0 saturated carbocycles. The van der Waals surface area contributed by atoms with Crippen LogP contribution in [0.2, 0.25) is 0 Å². The number of halogens is 1. The average Bonchev–Trinajstić information content (AvgIpc) is 3.64. The Morgan fingerprint density at radius 1 is 1.17 bits per heavy atom. The van der Waals surface area contributed by atoms with Gasteiger partial charge in [0.1, 0.15) is 36.4 Å². The van der Waals surface area contributed by atoms with Crippen molar-refractivity contribution in [2.75, 3.05) is 37.8 Å². The zero-order valence-electron chi connectivity index (χ0n) is 26.0. The van der Waals surface area contributed by atoms with Crippen LogP contribution in [-0.2, 0) is 11.3 Å². The lowest BCUT2D eigenvalue weighted by molar-refractivity contribution is -0.880. The highest BCUT2D eigenvalue weighted by atomic mass is 19.1. The second kappa shape index (κ2) is 13.1. The van der Waals surface area contributed by atoms with Gasteiger partial charge in [0.2, 0.25) is 11.6 Å². The molecule has 48 heavy (non-hydrogen) atoms. The maximum atomic E-state index is 13.7. The first-order valence-electron chi connectivity index (χ1n) is 14.8. The number of quaternary nitrogens is 1. The zero-order valence-corrected chi connectivity index (χ0v) is 26.0. The van der Waals surface area contributed by atoms with E-state index >= 15 is 0 Å². The summed E-state index contributed by atoms with van der Waals surface area (Å²) in [7, 11) is 3.74. The lowest BCUT2D eigenvalue weighted by Gasteiger charge is -2.28. The largest absolute Gasteiger partial charge is 0.369 e. The molecule has 2 N–H and O–H groups in total. The first-order valence-corrected chi connectivity index (χ1v) is 14.8. The molecule has 0 saturated heterocycles. The number of nitrogens with one attached hydrogen (secondary N) is 2. The van der Waals surface area contributed by atoms with Crippen LogP contribution >= 0.6 is 0 Å². The Morgan fingerprint density at radius 3 is 2.81 bits per heavy atom. The minimum Gasteiger partial charge on any atom is -0.358 e. The molecule has 2 aromatic carbocycles. The van der Waals surface area contributed by atoms with E-state index in [1.54, 1.807) is 30.6 Å². The SMILES string of the molecule is C[N+](C)(C/C=C/C(=O)Nc1cc2c(Nc3ccc4c(cnn4Cc4cccc(F)c4)c3)ncnc2cn1)CC1=C([N+](=O)[O-])N=C(C#N)C1. The third-order valence-corrected chi connectivity index (χ3v) is 7.63. The Labute approximate surface area is 273 Å². The van der Waals surface area contributed by atoms with Gasteiger partial charge >= 0.3 is 5.82 Å². The average molecular weight is 647 g/mol. The van der Waals surface area contributed by atoms with Crippen molar-refractivity contribution in [2.24, 2.45) is 4.99 Å². The normalized spacial score (nSPS) is 13.2. The number of aromatic nitrogens is 5. The fraction of sp³-hybridized carbons (Fsp3) is 0.182. The summed E-state index contributed by atoms with van der Waals surface area (Å²) in [6, 6.07) is 15.7. The molecule has 14 nitrogen and oxygen atoms in total. The van der Waals surface area contributed by atoms with Crippen molar-refractivity contribution < 1.29 is 18.6 Å². The van der Waals surface area contributed by atoms with E-state index < -0.39 is 10.8 Å². The predicted molar refractivity (Wildman–Crippen MR) is 177 cm³/mol. The summed E-state index contributed by atoms with van der Waals surface area (Å²) in [6.07, 6.45) is 7.91. The second-order valence-corrected chi connectivity index (χ2v) is 11.8. The quantitative estimate of drug-likeness (QED) is 0.0889.